The fraction of sp³-hybridized carbons (Fsp3) is 0.300. The molecule has 0 radical (unpaired) electrons. The fourth-order valence-electron chi connectivity index (χ4n) is 5.31. The summed E-state index contributed by atoms with van der Waals surface area (Å²) in [6, 6.07) is 32.8. The summed E-state index contributed by atoms with van der Waals surface area (Å²) in [5, 5.41) is 3.99. The second-order valence-corrected chi connectivity index (χ2v) is 14.8. The first-order chi connectivity index (χ1) is 16.0. The van der Waals surface area contributed by atoms with Gasteiger partial charge in [-0.1, -0.05) is 93.6 Å². The Balaban J connectivity index is 1.36. The second kappa shape index (κ2) is 8.89. The molecule has 1 heterocycles. The van der Waals surface area contributed by atoms with E-state index in [1.807, 2.05) is 12.3 Å². The van der Waals surface area contributed by atoms with Crippen LogP contribution in [0.15, 0.2) is 97.2 Å². The van der Waals surface area contributed by atoms with Gasteiger partial charge in [-0.05, 0) is 63.9 Å². The van der Waals surface area contributed by atoms with E-state index in [1.54, 1.807) is 0 Å². The molecule has 33 heavy (non-hydrogen) atoms. The van der Waals surface area contributed by atoms with Gasteiger partial charge in [-0.15, -0.1) is 0 Å². The summed E-state index contributed by atoms with van der Waals surface area (Å²) in [6.45, 7) is 7.90. The van der Waals surface area contributed by atoms with E-state index in [0.29, 0.717) is 11.8 Å². The zero-order valence-corrected chi connectivity index (χ0v) is 20.9. The summed E-state index contributed by atoms with van der Waals surface area (Å²) in [4.78, 5) is 4.45. The molecule has 0 N–H and O–H groups in total. The topological polar surface area (TPSA) is 22.1 Å². The number of nitrogens with zero attached hydrogens (tertiary/aromatic N) is 1. The molecule has 2 atom stereocenters. The summed E-state index contributed by atoms with van der Waals surface area (Å²) >= 11 is 0. The van der Waals surface area contributed by atoms with Gasteiger partial charge >= 0.3 is 0 Å². The van der Waals surface area contributed by atoms with Crippen molar-refractivity contribution in [2.45, 2.75) is 38.7 Å². The van der Waals surface area contributed by atoms with E-state index in [0.717, 1.165) is 18.5 Å². The number of hydrogen-bond donors (Lipinski definition) is 0. The van der Waals surface area contributed by atoms with E-state index in [9.17, 15) is 0 Å². The molecule has 3 aromatic carbocycles. The average Bonchev–Trinajstić information content (AvgIpc) is 3.57. The smallest absolute Gasteiger partial charge is 0.261 e. The Hall–Kier alpha value is -2.75. The Labute approximate surface area is 198 Å². The van der Waals surface area contributed by atoms with Crippen molar-refractivity contribution in [1.82, 2.24) is 4.98 Å². The quantitative estimate of drug-likeness (QED) is 0.322. The molecule has 168 valence electrons. The first-order valence-corrected chi connectivity index (χ1v) is 14.0. The van der Waals surface area contributed by atoms with Crippen LogP contribution in [0.3, 0.4) is 0 Å². The van der Waals surface area contributed by atoms with Crippen LogP contribution in [-0.4, -0.2) is 19.9 Å². The first-order valence-electron chi connectivity index (χ1n) is 12.1. The summed E-state index contributed by atoms with van der Waals surface area (Å²) in [5.74, 6) is 1.34. The van der Waals surface area contributed by atoms with Gasteiger partial charge in [0.05, 0.1) is 5.52 Å². The monoisotopic (exact) mass is 451 g/mol. The third kappa shape index (κ3) is 4.40. The molecule has 1 aliphatic carbocycles. The van der Waals surface area contributed by atoms with Gasteiger partial charge in [-0.25, -0.2) is 0 Å². The van der Waals surface area contributed by atoms with Crippen molar-refractivity contribution >= 4 is 29.6 Å². The van der Waals surface area contributed by atoms with Crippen LogP contribution in [0.1, 0.15) is 32.8 Å². The van der Waals surface area contributed by atoms with E-state index >= 15 is 0 Å². The zero-order valence-electron chi connectivity index (χ0n) is 19.9. The Morgan fingerprint density at radius 2 is 1.48 bits per heavy atom. The van der Waals surface area contributed by atoms with Crippen LogP contribution in [0.5, 0.6) is 0 Å². The van der Waals surface area contributed by atoms with Gasteiger partial charge in [0.1, 0.15) is 0 Å². The fourth-order valence-corrected chi connectivity index (χ4v) is 9.93. The van der Waals surface area contributed by atoms with Crippen LogP contribution in [0, 0.1) is 11.8 Å². The Bertz CT molecular complexity index is 1180. The van der Waals surface area contributed by atoms with Crippen LogP contribution < -0.4 is 10.4 Å². The van der Waals surface area contributed by atoms with E-state index in [4.69, 9.17) is 4.43 Å². The van der Waals surface area contributed by atoms with Gasteiger partial charge < -0.3 is 4.43 Å². The summed E-state index contributed by atoms with van der Waals surface area (Å²) < 4.78 is 7.16. The molecular formula is C30H33NOSi. The molecule has 1 saturated carbocycles. The van der Waals surface area contributed by atoms with Crippen LogP contribution in [0.4, 0.5) is 0 Å². The number of hydrogen-bond acceptors (Lipinski definition) is 2. The van der Waals surface area contributed by atoms with Crippen molar-refractivity contribution in [1.29, 1.82) is 0 Å². The van der Waals surface area contributed by atoms with Gasteiger partial charge in [0.15, 0.2) is 0 Å². The highest BCUT2D eigenvalue weighted by Gasteiger charge is 2.51. The SMILES string of the molecule is CC(C)(C)[Si](OC[C@@H]1C[C@@H]1Cc1ccc2ncccc2c1)(c1ccccc1)c1ccccc1. The van der Waals surface area contributed by atoms with Gasteiger partial charge in [0.2, 0.25) is 0 Å². The molecular weight excluding hydrogens is 418 g/mol. The van der Waals surface area contributed by atoms with Crippen LogP contribution in [0.25, 0.3) is 10.9 Å². The molecule has 3 heteroatoms. The highest BCUT2D eigenvalue weighted by molar-refractivity contribution is 6.99. The molecule has 0 spiro atoms. The molecule has 0 aliphatic heterocycles. The molecule has 0 unspecified atom stereocenters. The van der Waals surface area contributed by atoms with Crippen LogP contribution >= 0.6 is 0 Å². The number of benzene rings is 3. The van der Waals surface area contributed by atoms with Gasteiger partial charge in [-0.3, -0.25) is 4.98 Å². The standard InChI is InChI=1S/C30H33NOSi/c1-30(2,3)33(27-12-6-4-7-13-27,28-14-8-5-9-15-28)32-22-26-21-25(26)20-23-16-17-29-24(19-23)11-10-18-31-29/h4-19,25-26H,20-22H2,1-3H3/t25-,26-/m0/s1. The molecule has 1 fully saturated rings. The van der Waals surface area contributed by atoms with E-state index in [1.165, 1.54) is 27.7 Å². The molecule has 0 saturated heterocycles. The number of rotatable bonds is 7. The van der Waals surface area contributed by atoms with Crippen molar-refractivity contribution in [2.24, 2.45) is 11.8 Å². The molecule has 1 aliphatic rings. The summed E-state index contributed by atoms with van der Waals surface area (Å²) in [5.41, 5.74) is 2.48. The van der Waals surface area contributed by atoms with Gasteiger partial charge in [0, 0.05) is 18.2 Å². The summed E-state index contributed by atoms with van der Waals surface area (Å²) in [7, 11) is -2.44. The maximum absolute atomic E-state index is 7.16. The summed E-state index contributed by atoms with van der Waals surface area (Å²) in [6.07, 6.45) is 4.24. The molecule has 5 rings (SSSR count). The Morgan fingerprint density at radius 3 is 2.12 bits per heavy atom. The Morgan fingerprint density at radius 1 is 0.818 bits per heavy atom. The van der Waals surface area contributed by atoms with Gasteiger partial charge in [-0.2, -0.15) is 0 Å². The Kier molecular flexibility index (Phi) is 5.94. The van der Waals surface area contributed by atoms with E-state index in [2.05, 4.69) is 111 Å². The minimum absolute atomic E-state index is 0.0332. The highest BCUT2D eigenvalue weighted by Crippen LogP contribution is 2.44. The lowest BCUT2D eigenvalue weighted by Gasteiger charge is -2.43. The van der Waals surface area contributed by atoms with Crippen molar-refractivity contribution in [3.63, 3.8) is 0 Å². The molecule has 4 aromatic rings. The van der Waals surface area contributed by atoms with Crippen LogP contribution in [-0.2, 0) is 10.8 Å². The molecule has 0 bridgehead atoms. The predicted octanol–water partition coefficient (Wildman–Crippen LogP) is 5.99. The van der Waals surface area contributed by atoms with Crippen molar-refractivity contribution in [3.8, 4) is 0 Å². The molecule has 1 aromatic heterocycles. The first kappa shape index (κ1) is 22.1. The largest absolute Gasteiger partial charge is 0.407 e. The molecule has 2 nitrogen and oxygen atoms in total. The van der Waals surface area contributed by atoms with Gasteiger partial charge in [0.25, 0.3) is 8.32 Å². The number of pyridine rings is 1. The minimum Gasteiger partial charge on any atom is -0.407 e. The number of aromatic nitrogens is 1. The van der Waals surface area contributed by atoms with Crippen molar-refractivity contribution < 1.29 is 4.43 Å². The average molecular weight is 452 g/mol. The number of fused-ring (bicyclic) bond motifs is 1. The van der Waals surface area contributed by atoms with Crippen LogP contribution in [0.2, 0.25) is 5.04 Å². The third-order valence-corrected chi connectivity index (χ3v) is 12.2. The van der Waals surface area contributed by atoms with Crippen molar-refractivity contribution in [2.75, 3.05) is 6.61 Å². The third-order valence-electron chi connectivity index (χ3n) is 7.17. The molecule has 0 amide bonds. The predicted molar refractivity (Wildman–Crippen MR) is 141 cm³/mol. The second-order valence-electron chi connectivity index (χ2n) is 10.5. The van der Waals surface area contributed by atoms with E-state index in [-0.39, 0.29) is 5.04 Å². The zero-order chi connectivity index (χ0) is 22.9. The highest BCUT2D eigenvalue weighted by atomic mass is 28.4. The lowest BCUT2D eigenvalue weighted by atomic mass is 10.1. The lowest BCUT2D eigenvalue weighted by molar-refractivity contribution is 0.274. The maximum Gasteiger partial charge on any atom is 0.261 e. The van der Waals surface area contributed by atoms with Crippen molar-refractivity contribution in [3.05, 3.63) is 103 Å². The minimum atomic E-state index is -2.44. The maximum atomic E-state index is 7.16. The normalized spacial score (nSPS) is 18.4. The lowest BCUT2D eigenvalue weighted by Crippen LogP contribution is -2.66. The van der Waals surface area contributed by atoms with E-state index < -0.39 is 8.32 Å².